The van der Waals surface area contributed by atoms with E-state index < -0.39 is 24.6 Å². The van der Waals surface area contributed by atoms with E-state index in [9.17, 15) is 18.4 Å². The molecule has 0 aliphatic rings. The molecule has 2 aromatic carbocycles. The smallest absolute Gasteiger partial charge is 0.387 e. The van der Waals surface area contributed by atoms with E-state index in [0.29, 0.717) is 11.4 Å². The minimum absolute atomic E-state index is 0.0270. The van der Waals surface area contributed by atoms with Crippen molar-refractivity contribution in [1.29, 1.82) is 0 Å². The van der Waals surface area contributed by atoms with Crippen LogP contribution >= 0.6 is 0 Å². The molecule has 0 saturated carbocycles. The molecule has 0 saturated heterocycles. The number of methoxy groups -OCH3 is 1. The van der Waals surface area contributed by atoms with Gasteiger partial charge in [-0.2, -0.15) is 8.78 Å². The van der Waals surface area contributed by atoms with Gasteiger partial charge in [0.15, 0.2) is 17.6 Å². The van der Waals surface area contributed by atoms with E-state index in [4.69, 9.17) is 14.2 Å². The van der Waals surface area contributed by atoms with Crippen molar-refractivity contribution in [3.8, 4) is 17.2 Å². The zero-order chi connectivity index (χ0) is 21.4. The first-order valence-electron chi connectivity index (χ1n) is 8.71. The minimum atomic E-state index is -3.03. The second kappa shape index (κ2) is 10.3. The topological polar surface area (TPSA) is 83.1 Å². The van der Waals surface area contributed by atoms with Gasteiger partial charge in [0.2, 0.25) is 0 Å². The SMILES string of the molecule is CCOc1cc(C(=O)O[C@H](C)C(=O)Nc2ccc(OC)cc2)ccc1OC(F)F. The largest absolute Gasteiger partial charge is 0.497 e. The van der Waals surface area contributed by atoms with Crippen LogP contribution in [0.15, 0.2) is 42.5 Å². The number of amides is 1. The van der Waals surface area contributed by atoms with Gasteiger partial charge in [-0.3, -0.25) is 4.79 Å². The van der Waals surface area contributed by atoms with E-state index in [2.05, 4.69) is 10.1 Å². The number of carbonyl (C=O) groups excluding carboxylic acids is 2. The van der Waals surface area contributed by atoms with Crippen molar-refractivity contribution in [2.24, 2.45) is 0 Å². The van der Waals surface area contributed by atoms with Crippen LogP contribution in [-0.4, -0.2) is 38.3 Å². The summed E-state index contributed by atoms with van der Waals surface area (Å²) in [6, 6.07) is 10.3. The predicted octanol–water partition coefficient (Wildman–Crippen LogP) is 3.88. The van der Waals surface area contributed by atoms with Crippen molar-refractivity contribution < 1.29 is 37.3 Å². The standard InChI is InChI=1S/C20H21F2NO6/c1-4-27-17-11-13(5-10-16(17)29-20(21)22)19(25)28-12(2)18(24)23-14-6-8-15(26-3)9-7-14/h5-12,20H,4H2,1-3H3,(H,23,24)/t12-/m1/s1. The maximum Gasteiger partial charge on any atom is 0.387 e. The maximum atomic E-state index is 12.5. The molecule has 7 nitrogen and oxygen atoms in total. The summed E-state index contributed by atoms with van der Waals surface area (Å²) in [5.74, 6) is -0.953. The Morgan fingerprint density at radius 1 is 1.07 bits per heavy atom. The number of anilines is 1. The van der Waals surface area contributed by atoms with Crippen LogP contribution in [0.4, 0.5) is 14.5 Å². The zero-order valence-corrected chi connectivity index (χ0v) is 16.1. The van der Waals surface area contributed by atoms with Gasteiger partial charge in [0.25, 0.3) is 5.91 Å². The average Bonchev–Trinajstić information content (AvgIpc) is 2.69. The van der Waals surface area contributed by atoms with Gasteiger partial charge in [0, 0.05) is 5.69 Å². The van der Waals surface area contributed by atoms with Gasteiger partial charge in [-0.05, 0) is 56.3 Å². The Balaban J connectivity index is 2.03. The predicted molar refractivity (Wildman–Crippen MR) is 101 cm³/mol. The first-order valence-corrected chi connectivity index (χ1v) is 8.71. The van der Waals surface area contributed by atoms with E-state index in [1.807, 2.05) is 0 Å². The molecule has 0 aromatic heterocycles. The minimum Gasteiger partial charge on any atom is -0.497 e. The molecule has 2 aromatic rings. The summed E-state index contributed by atoms with van der Waals surface area (Å²) < 4.78 is 44.7. The molecule has 0 unspecified atom stereocenters. The molecule has 156 valence electrons. The summed E-state index contributed by atoms with van der Waals surface area (Å²) >= 11 is 0. The van der Waals surface area contributed by atoms with Gasteiger partial charge in [-0.25, -0.2) is 4.79 Å². The molecule has 0 radical (unpaired) electrons. The third-order valence-corrected chi connectivity index (χ3v) is 3.71. The highest BCUT2D eigenvalue weighted by Crippen LogP contribution is 2.30. The van der Waals surface area contributed by atoms with Crippen LogP contribution in [-0.2, 0) is 9.53 Å². The molecule has 1 N–H and O–H groups in total. The molecule has 0 fully saturated rings. The highest BCUT2D eigenvalue weighted by atomic mass is 19.3. The first kappa shape index (κ1) is 21.9. The number of halogens is 2. The Morgan fingerprint density at radius 2 is 1.76 bits per heavy atom. The number of benzene rings is 2. The third kappa shape index (κ3) is 6.34. The van der Waals surface area contributed by atoms with E-state index >= 15 is 0 Å². The van der Waals surface area contributed by atoms with Crippen molar-refractivity contribution in [2.75, 3.05) is 19.0 Å². The summed E-state index contributed by atoms with van der Waals surface area (Å²) in [5.41, 5.74) is 0.532. The lowest BCUT2D eigenvalue weighted by Crippen LogP contribution is -2.30. The highest BCUT2D eigenvalue weighted by molar-refractivity contribution is 5.97. The van der Waals surface area contributed by atoms with Crippen LogP contribution < -0.4 is 19.5 Å². The van der Waals surface area contributed by atoms with Gasteiger partial charge >= 0.3 is 12.6 Å². The number of hydrogen-bond donors (Lipinski definition) is 1. The molecule has 0 bridgehead atoms. The number of hydrogen-bond acceptors (Lipinski definition) is 6. The molecular weight excluding hydrogens is 388 g/mol. The van der Waals surface area contributed by atoms with Crippen molar-refractivity contribution in [2.45, 2.75) is 26.6 Å². The average molecular weight is 409 g/mol. The fourth-order valence-electron chi connectivity index (χ4n) is 2.30. The lowest BCUT2D eigenvalue weighted by molar-refractivity contribution is -0.123. The van der Waals surface area contributed by atoms with Gasteiger partial charge in [-0.1, -0.05) is 0 Å². The van der Waals surface area contributed by atoms with Crippen LogP contribution in [0.1, 0.15) is 24.2 Å². The summed E-state index contributed by atoms with van der Waals surface area (Å²) in [5, 5.41) is 2.61. The lowest BCUT2D eigenvalue weighted by Gasteiger charge is -2.15. The van der Waals surface area contributed by atoms with E-state index in [0.717, 1.165) is 0 Å². The summed E-state index contributed by atoms with van der Waals surface area (Å²) in [4.78, 5) is 24.6. The maximum absolute atomic E-state index is 12.5. The number of rotatable bonds is 9. The van der Waals surface area contributed by atoms with Crippen molar-refractivity contribution in [1.82, 2.24) is 0 Å². The van der Waals surface area contributed by atoms with E-state index in [-0.39, 0.29) is 23.7 Å². The summed E-state index contributed by atoms with van der Waals surface area (Å²) in [6.45, 7) is 0.212. The van der Waals surface area contributed by atoms with Gasteiger partial charge in [0.05, 0.1) is 19.3 Å². The number of esters is 1. The van der Waals surface area contributed by atoms with Crippen LogP contribution in [0.25, 0.3) is 0 Å². The first-order chi connectivity index (χ1) is 13.8. The fourth-order valence-corrected chi connectivity index (χ4v) is 2.30. The van der Waals surface area contributed by atoms with Gasteiger partial charge in [0.1, 0.15) is 5.75 Å². The molecule has 0 spiro atoms. The van der Waals surface area contributed by atoms with Gasteiger partial charge in [-0.15, -0.1) is 0 Å². The van der Waals surface area contributed by atoms with E-state index in [1.54, 1.807) is 31.2 Å². The molecule has 0 aliphatic heterocycles. The molecule has 29 heavy (non-hydrogen) atoms. The quantitative estimate of drug-likeness (QED) is 0.633. The molecule has 0 aliphatic carbocycles. The number of carbonyl (C=O) groups is 2. The van der Waals surface area contributed by atoms with Crippen LogP contribution in [0, 0.1) is 0 Å². The van der Waals surface area contributed by atoms with Crippen LogP contribution in [0.5, 0.6) is 17.2 Å². The molecule has 1 atom stereocenters. The normalized spacial score (nSPS) is 11.5. The van der Waals surface area contributed by atoms with Crippen LogP contribution in [0.3, 0.4) is 0 Å². The molecule has 0 heterocycles. The van der Waals surface area contributed by atoms with Crippen molar-refractivity contribution in [3.05, 3.63) is 48.0 Å². The molecule has 1 amide bonds. The monoisotopic (exact) mass is 409 g/mol. The fraction of sp³-hybridized carbons (Fsp3) is 0.300. The zero-order valence-electron chi connectivity index (χ0n) is 16.1. The molecule has 2 rings (SSSR count). The van der Waals surface area contributed by atoms with Gasteiger partial charge < -0.3 is 24.3 Å². The number of ether oxygens (including phenoxy) is 4. The number of alkyl halides is 2. The Bertz CT molecular complexity index is 841. The number of nitrogens with one attached hydrogen (secondary N) is 1. The third-order valence-electron chi connectivity index (χ3n) is 3.71. The van der Waals surface area contributed by atoms with Crippen molar-refractivity contribution >= 4 is 17.6 Å². The molecular formula is C20H21F2NO6. The second-order valence-electron chi connectivity index (χ2n) is 5.74. The Labute approximate surface area is 166 Å². The summed E-state index contributed by atoms with van der Waals surface area (Å²) in [6.07, 6.45) is -1.10. The van der Waals surface area contributed by atoms with Crippen LogP contribution in [0.2, 0.25) is 0 Å². The Kier molecular flexibility index (Phi) is 7.76. The van der Waals surface area contributed by atoms with E-state index in [1.165, 1.54) is 32.2 Å². The summed E-state index contributed by atoms with van der Waals surface area (Å²) in [7, 11) is 1.53. The molecule has 9 heteroatoms. The lowest BCUT2D eigenvalue weighted by atomic mass is 10.2. The highest BCUT2D eigenvalue weighted by Gasteiger charge is 2.21. The van der Waals surface area contributed by atoms with Crippen molar-refractivity contribution in [3.63, 3.8) is 0 Å². The Hall–Kier alpha value is -3.36. The Morgan fingerprint density at radius 3 is 2.34 bits per heavy atom. The second-order valence-corrected chi connectivity index (χ2v) is 5.74.